The first-order chi connectivity index (χ1) is 9.72. The van der Waals surface area contributed by atoms with Crippen LogP contribution in [0.4, 0.5) is 5.69 Å². The van der Waals surface area contributed by atoms with Gasteiger partial charge in [-0.15, -0.1) is 0 Å². The minimum atomic E-state index is -0.101. The van der Waals surface area contributed by atoms with E-state index in [1.165, 1.54) is 4.68 Å². The molecule has 0 saturated heterocycles. The van der Waals surface area contributed by atoms with Crippen molar-refractivity contribution in [3.05, 3.63) is 39.7 Å². The minimum Gasteiger partial charge on any atom is -0.383 e. The summed E-state index contributed by atoms with van der Waals surface area (Å²) in [5, 5.41) is 7.33. The van der Waals surface area contributed by atoms with Crippen LogP contribution in [-0.2, 0) is 13.1 Å². The van der Waals surface area contributed by atoms with E-state index < -0.39 is 0 Å². The Labute approximate surface area is 126 Å². The number of rotatable bonds is 7. The molecule has 0 saturated carbocycles. The summed E-state index contributed by atoms with van der Waals surface area (Å²) in [6.07, 6.45) is 9.31. The number of unbranched alkanes of at least 4 members (excludes halogenated alkanes) is 1. The third kappa shape index (κ3) is 3.69. The maximum absolute atomic E-state index is 11.9. The molecular weight excluding hydrogens is 322 g/mol. The standard InChI is InChI=1S/C13H18BrN5O/c1-2-19-13(20)12(14)11(9-17-19)16-5-3-4-7-18-8-6-15-10-18/h6,8-10,16H,2-5,7H2,1H3. The largest absolute Gasteiger partial charge is 0.383 e. The zero-order valence-corrected chi connectivity index (χ0v) is 13.0. The summed E-state index contributed by atoms with van der Waals surface area (Å²) in [5.74, 6) is 0. The molecule has 6 nitrogen and oxygen atoms in total. The predicted molar refractivity (Wildman–Crippen MR) is 81.8 cm³/mol. The molecule has 0 unspecified atom stereocenters. The quantitative estimate of drug-likeness (QED) is 0.784. The highest BCUT2D eigenvalue weighted by molar-refractivity contribution is 9.10. The fourth-order valence-corrected chi connectivity index (χ4v) is 2.32. The number of imidazole rings is 1. The van der Waals surface area contributed by atoms with Crippen LogP contribution in [0.5, 0.6) is 0 Å². The van der Waals surface area contributed by atoms with E-state index in [-0.39, 0.29) is 5.56 Å². The molecule has 2 aromatic heterocycles. The van der Waals surface area contributed by atoms with E-state index in [0.717, 1.165) is 31.6 Å². The highest BCUT2D eigenvalue weighted by Crippen LogP contribution is 2.16. The van der Waals surface area contributed by atoms with Crippen LogP contribution in [0.25, 0.3) is 0 Å². The van der Waals surface area contributed by atoms with E-state index in [1.54, 1.807) is 12.4 Å². The van der Waals surface area contributed by atoms with Gasteiger partial charge in [0, 0.05) is 32.0 Å². The number of aryl methyl sites for hydroxylation is 2. The molecule has 0 aliphatic rings. The van der Waals surface area contributed by atoms with Gasteiger partial charge in [0.2, 0.25) is 0 Å². The summed E-state index contributed by atoms with van der Waals surface area (Å²) >= 11 is 3.32. The second-order valence-electron chi connectivity index (χ2n) is 4.43. The SMILES string of the molecule is CCn1ncc(NCCCCn2ccnc2)c(Br)c1=O. The first-order valence-corrected chi connectivity index (χ1v) is 7.47. The van der Waals surface area contributed by atoms with E-state index in [0.29, 0.717) is 11.0 Å². The van der Waals surface area contributed by atoms with Crippen molar-refractivity contribution in [2.24, 2.45) is 0 Å². The topological polar surface area (TPSA) is 64.7 Å². The fourth-order valence-electron chi connectivity index (χ4n) is 1.87. The van der Waals surface area contributed by atoms with Crippen molar-refractivity contribution < 1.29 is 0 Å². The van der Waals surface area contributed by atoms with Gasteiger partial charge in [-0.05, 0) is 35.7 Å². The van der Waals surface area contributed by atoms with E-state index in [1.807, 2.05) is 19.4 Å². The second-order valence-corrected chi connectivity index (χ2v) is 5.22. The lowest BCUT2D eigenvalue weighted by Gasteiger charge is -2.09. The van der Waals surface area contributed by atoms with Crippen molar-refractivity contribution in [2.45, 2.75) is 32.9 Å². The van der Waals surface area contributed by atoms with Crippen molar-refractivity contribution in [3.63, 3.8) is 0 Å². The summed E-state index contributed by atoms with van der Waals surface area (Å²) < 4.78 is 4.03. The summed E-state index contributed by atoms with van der Waals surface area (Å²) in [4.78, 5) is 15.9. The highest BCUT2D eigenvalue weighted by Gasteiger charge is 2.06. The number of hydrogen-bond acceptors (Lipinski definition) is 4. The van der Waals surface area contributed by atoms with Gasteiger partial charge in [-0.1, -0.05) is 0 Å². The number of hydrogen-bond donors (Lipinski definition) is 1. The van der Waals surface area contributed by atoms with Crippen LogP contribution < -0.4 is 10.9 Å². The Balaban J connectivity index is 1.79. The predicted octanol–water partition coefficient (Wildman–Crippen LogP) is 2.11. The average molecular weight is 340 g/mol. The summed E-state index contributed by atoms with van der Waals surface area (Å²) in [6.45, 7) is 4.23. The third-order valence-electron chi connectivity index (χ3n) is 3.00. The molecule has 0 aliphatic heterocycles. The Morgan fingerprint density at radius 3 is 2.95 bits per heavy atom. The molecule has 2 rings (SSSR count). The maximum Gasteiger partial charge on any atom is 0.283 e. The molecule has 7 heteroatoms. The van der Waals surface area contributed by atoms with E-state index >= 15 is 0 Å². The Morgan fingerprint density at radius 1 is 1.40 bits per heavy atom. The molecule has 0 bridgehead atoms. The van der Waals surface area contributed by atoms with Crippen LogP contribution >= 0.6 is 15.9 Å². The molecule has 0 atom stereocenters. The molecule has 0 spiro atoms. The Kier molecular flexibility index (Phi) is 5.34. The van der Waals surface area contributed by atoms with Crippen LogP contribution in [-0.4, -0.2) is 25.9 Å². The third-order valence-corrected chi connectivity index (χ3v) is 3.77. The molecule has 20 heavy (non-hydrogen) atoms. The highest BCUT2D eigenvalue weighted by atomic mass is 79.9. The fraction of sp³-hybridized carbons (Fsp3) is 0.462. The molecule has 2 aromatic rings. The van der Waals surface area contributed by atoms with Gasteiger partial charge in [0.1, 0.15) is 4.47 Å². The normalized spacial score (nSPS) is 10.7. The van der Waals surface area contributed by atoms with Gasteiger partial charge in [0.25, 0.3) is 5.56 Å². The molecule has 1 N–H and O–H groups in total. The maximum atomic E-state index is 11.9. The molecule has 0 radical (unpaired) electrons. The smallest absolute Gasteiger partial charge is 0.283 e. The Morgan fingerprint density at radius 2 is 2.25 bits per heavy atom. The summed E-state index contributed by atoms with van der Waals surface area (Å²) in [5.41, 5.74) is 0.651. The zero-order valence-electron chi connectivity index (χ0n) is 11.4. The van der Waals surface area contributed by atoms with Gasteiger partial charge in [-0.3, -0.25) is 4.79 Å². The molecule has 0 fully saturated rings. The molecule has 108 valence electrons. The van der Waals surface area contributed by atoms with Crippen molar-refractivity contribution in [1.29, 1.82) is 0 Å². The molecule has 0 aliphatic carbocycles. The lowest BCUT2D eigenvalue weighted by atomic mass is 10.3. The van der Waals surface area contributed by atoms with Crippen LogP contribution in [0, 0.1) is 0 Å². The van der Waals surface area contributed by atoms with Gasteiger partial charge in [-0.2, -0.15) is 5.10 Å². The molecule has 0 amide bonds. The van der Waals surface area contributed by atoms with Crippen LogP contribution in [0.2, 0.25) is 0 Å². The first-order valence-electron chi connectivity index (χ1n) is 6.67. The van der Waals surface area contributed by atoms with Crippen LogP contribution in [0.1, 0.15) is 19.8 Å². The van der Waals surface area contributed by atoms with Crippen molar-refractivity contribution in [2.75, 3.05) is 11.9 Å². The molecule has 2 heterocycles. The van der Waals surface area contributed by atoms with Crippen molar-refractivity contribution >= 4 is 21.6 Å². The van der Waals surface area contributed by atoms with Crippen molar-refractivity contribution in [3.8, 4) is 0 Å². The number of anilines is 1. The average Bonchev–Trinajstić information content (AvgIpc) is 2.96. The van der Waals surface area contributed by atoms with Crippen LogP contribution in [0.15, 0.2) is 34.2 Å². The van der Waals surface area contributed by atoms with Crippen LogP contribution in [0.3, 0.4) is 0 Å². The van der Waals surface area contributed by atoms with Crippen molar-refractivity contribution in [1.82, 2.24) is 19.3 Å². The van der Waals surface area contributed by atoms with Gasteiger partial charge < -0.3 is 9.88 Å². The first kappa shape index (κ1) is 14.8. The minimum absolute atomic E-state index is 0.101. The molecule has 0 aromatic carbocycles. The lowest BCUT2D eigenvalue weighted by molar-refractivity contribution is 0.609. The van der Waals surface area contributed by atoms with Gasteiger partial charge >= 0.3 is 0 Å². The number of nitrogens with one attached hydrogen (secondary N) is 1. The lowest BCUT2D eigenvalue weighted by Crippen LogP contribution is -2.23. The van der Waals surface area contributed by atoms with E-state index in [4.69, 9.17) is 0 Å². The number of aromatic nitrogens is 4. The summed E-state index contributed by atoms with van der Waals surface area (Å²) in [7, 11) is 0. The molecular formula is C13H18BrN5O. The number of halogens is 1. The van der Waals surface area contributed by atoms with Gasteiger partial charge in [-0.25, -0.2) is 9.67 Å². The summed E-state index contributed by atoms with van der Waals surface area (Å²) in [6, 6.07) is 0. The monoisotopic (exact) mass is 339 g/mol. The Hall–Kier alpha value is -1.63. The van der Waals surface area contributed by atoms with E-state index in [9.17, 15) is 4.79 Å². The zero-order chi connectivity index (χ0) is 14.4. The van der Waals surface area contributed by atoms with E-state index in [2.05, 4.69) is 35.9 Å². The van der Waals surface area contributed by atoms with Gasteiger partial charge in [0.05, 0.1) is 18.2 Å². The van der Waals surface area contributed by atoms with Gasteiger partial charge in [0.15, 0.2) is 0 Å². The Bertz CT molecular complexity index is 593. The number of nitrogens with zero attached hydrogens (tertiary/aromatic N) is 4. The second kappa shape index (κ2) is 7.23.